The van der Waals surface area contributed by atoms with Crippen LogP contribution in [0.1, 0.15) is 29.9 Å². The molecule has 6 unspecified atom stereocenters. The Hall–Kier alpha value is -4.96. The molecule has 9 rings (SSSR count). The fourth-order valence-corrected chi connectivity index (χ4v) is 10.2. The fourth-order valence-electron chi connectivity index (χ4n) is 9.73. The van der Waals surface area contributed by atoms with Crippen LogP contribution in [-0.4, -0.2) is 55.0 Å². The number of benzene rings is 4. The van der Waals surface area contributed by atoms with E-state index in [-0.39, 0.29) is 35.4 Å². The summed E-state index contributed by atoms with van der Waals surface area (Å²) in [5.41, 5.74) is 2.36. The van der Waals surface area contributed by atoms with Crippen LogP contribution in [-0.2, 0) is 29.3 Å². The summed E-state index contributed by atoms with van der Waals surface area (Å²) in [6.07, 6.45) is 2.44. The number of carbonyl (C=O) groups excluding carboxylic acids is 4. The van der Waals surface area contributed by atoms with Gasteiger partial charge in [0, 0.05) is 34.7 Å². The minimum atomic E-state index is -1.46. The zero-order valence-corrected chi connectivity index (χ0v) is 30.0. The first-order chi connectivity index (χ1) is 25.7. The molecule has 3 aliphatic heterocycles. The second-order valence-corrected chi connectivity index (χ2v) is 15.3. The number of halogens is 2. The van der Waals surface area contributed by atoms with Crippen molar-refractivity contribution in [2.75, 3.05) is 41.0 Å². The number of nitrogens with zero attached hydrogens (tertiary/aromatic N) is 3. The van der Waals surface area contributed by atoms with Crippen molar-refractivity contribution in [1.82, 2.24) is 0 Å². The predicted molar refractivity (Wildman–Crippen MR) is 201 cm³/mol. The fraction of sp³-hybridized carbons (Fsp3) is 0.286. The highest BCUT2D eigenvalue weighted by Crippen LogP contribution is 2.65. The third kappa shape index (κ3) is 5.08. The molecule has 4 aromatic rings. The molecule has 11 heteroatoms. The minimum absolute atomic E-state index is 0.0460. The summed E-state index contributed by atoms with van der Waals surface area (Å²) in [5.74, 6) is -5.12. The Morgan fingerprint density at radius 2 is 1.45 bits per heavy atom. The summed E-state index contributed by atoms with van der Waals surface area (Å²) in [7, 11) is 0. The molecule has 53 heavy (non-hydrogen) atoms. The van der Waals surface area contributed by atoms with Crippen LogP contribution in [0.4, 0.5) is 17.1 Å². The molecular formula is C42H35Cl2N3O6. The highest BCUT2D eigenvalue weighted by atomic mass is 35.5. The van der Waals surface area contributed by atoms with Gasteiger partial charge in [-0.15, -0.1) is 0 Å². The zero-order valence-electron chi connectivity index (χ0n) is 28.5. The number of carbonyl (C=O) groups is 4. The van der Waals surface area contributed by atoms with Gasteiger partial charge in [0.1, 0.15) is 5.75 Å². The van der Waals surface area contributed by atoms with Crippen LogP contribution in [0.3, 0.4) is 0 Å². The number of allylic oxidation sites excluding steroid dienone is 2. The van der Waals surface area contributed by atoms with E-state index in [1.807, 2.05) is 60.7 Å². The topological polar surface area (TPSA) is 107 Å². The van der Waals surface area contributed by atoms with E-state index >= 15 is 4.79 Å². The van der Waals surface area contributed by atoms with Gasteiger partial charge >= 0.3 is 0 Å². The van der Waals surface area contributed by atoms with Gasteiger partial charge in [0.25, 0.3) is 0 Å². The van der Waals surface area contributed by atoms with Crippen molar-refractivity contribution in [1.29, 1.82) is 0 Å². The van der Waals surface area contributed by atoms with E-state index in [1.54, 1.807) is 30.3 Å². The Morgan fingerprint density at radius 3 is 2.17 bits per heavy atom. The lowest BCUT2D eigenvalue weighted by Gasteiger charge is -2.51. The summed E-state index contributed by atoms with van der Waals surface area (Å²) in [6.45, 7) is 2.79. The maximum atomic E-state index is 15.3. The number of phenols is 1. The lowest BCUT2D eigenvalue weighted by Crippen LogP contribution is -2.53. The van der Waals surface area contributed by atoms with E-state index in [2.05, 4.69) is 4.90 Å². The number of hydrogen-bond donors (Lipinski definition) is 1. The molecule has 0 aromatic heterocycles. The number of aromatic hydroxyl groups is 1. The van der Waals surface area contributed by atoms with Gasteiger partial charge in [-0.2, -0.15) is 0 Å². The Balaban J connectivity index is 1.18. The number of hydrogen-bond acceptors (Lipinski definition) is 7. The maximum Gasteiger partial charge on any atom is 0.246 e. The normalized spacial score (nSPS) is 28.2. The summed E-state index contributed by atoms with van der Waals surface area (Å²) >= 11 is 13.4. The van der Waals surface area contributed by atoms with Gasteiger partial charge < -0.3 is 14.7 Å². The van der Waals surface area contributed by atoms with Crippen molar-refractivity contribution >= 4 is 63.9 Å². The van der Waals surface area contributed by atoms with Crippen LogP contribution in [0.25, 0.3) is 0 Å². The molecule has 1 N–H and O–H groups in total. The summed E-state index contributed by atoms with van der Waals surface area (Å²) in [5, 5.41) is 11.0. The number of anilines is 3. The molecule has 4 aromatic carbocycles. The number of phenolic OH excluding ortho intramolecular Hbond substituents is 1. The predicted octanol–water partition coefficient (Wildman–Crippen LogP) is 6.90. The lowest BCUT2D eigenvalue weighted by atomic mass is 9.49. The van der Waals surface area contributed by atoms with Crippen molar-refractivity contribution < 1.29 is 29.0 Å². The standard InChI is InChI=1S/C42H35Cl2N3O6/c43-25-7-4-8-28(21-25)47-39(50)34-23-33-30(37(31-14-13-29(48)22-35(31)44)42(34,41(47)52)24-5-2-1-3-6-24)15-16-32-36(33)40(51)46(38(32)49)27-11-9-26(10-12-27)45-17-19-53-20-18-45/h1-15,21-22,32-34,36-37,48H,16-20,23H2. The molecule has 3 saturated heterocycles. The molecule has 1 saturated carbocycles. The first-order valence-electron chi connectivity index (χ1n) is 17.9. The molecule has 0 radical (unpaired) electrons. The van der Waals surface area contributed by atoms with Crippen molar-refractivity contribution in [3.63, 3.8) is 0 Å². The van der Waals surface area contributed by atoms with Gasteiger partial charge in [0.05, 0.1) is 47.8 Å². The van der Waals surface area contributed by atoms with Crippen LogP contribution in [0.15, 0.2) is 109 Å². The number of imide groups is 2. The molecule has 4 fully saturated rings. The van der Waals surface area contributed by atoms with Crippen molar-refractivity contribution in [2.24, 2.45) is 23.7 Å². The average molecular weight is 749 g/mol. The average Bonchev–Trinajstić information content (AvgIpc) is 3.56. The lowest BCUT2D eigenvalue weighted by molar-refractivity contribution is -0.127. The van der Waals surface area contributed by atoms with Gasteiger partial charge in [0.2, 0.25) is 23.6 Å². The van der Waals surface area contributed by atoms with E-state index in [0.29, 0.717) is 40.7 Å². The van der Waals surface area contributed by atoms with Gasteiger partial charge in [0.15, 0.2) is 0 Å². The number of amides is 4. The second kappa shape index (κ2) is 12.9. The SMILES string of the molecule is O=C1C2CC=C3C(CC4C(=O)N(c5cccc(Cl)c5)C(=O)C4(c4ccccc4)C3c3ccc(O)cc3Cl)C2C(=O)N1c1ccc(N2CCOCC2)cc1. The van der Waals surface area contributed by atoms with Crippen LogP contribution in [0, 0.1) is 23.7 Å². The molecule has 0 spiro atoms. The van der Waals surface area contributed by atoms with E-state index in [1.165, 1.54) is 21.9 Å². The summed E-state index contributed by atoms with van der Waals surface area (Å²) < 4.78 is 5.49. The number of morpholine rings is 1. The second-order valence-electron chi connectivity index (χ2n) is 14.4. The van der Waals surface area contributed by atoms with Gasteiger partial charge in [-0.3, -0.25) is 24.1 Å². The first kappa shape index (κ1) is 33.8. The number of ether oxygens (including phenoxy) is 1. The smallest absolute Gasteiger partial charge is 0.246 e. The quantitative estimate of drug-likeness (QED) is 0.175. The van der Waals surface area contributed by atoms with E-state index in [4.69, 9.17) is 27.9 Å². The van der Waals surface area contributed by atoms with Gasteiger partial charge in [-0.25, -0.2) is 4.90 Å². The van der Waals surface area contributed by atoms with Gasteiger partial charge in [-0.1, -0.05) is 77.3 Å². The molecule has 268 valence electrons. The molecule has 3 heterocycles. The zero-order chi connectivity index (χ0) is 36.6. The van der Waals surface area contributed by atoms with Crippen LogP contribution < -0.4 is 14.7 Å². The maximum absolute atomic E-state index is 15.3. The molecule has 0 bridgehead atoms. The van der Waals surface area contributed by atoms with E-state index < -0.39 is 46.8 Å². The molecular weight excluding hydrogens is 713 g/mol. The van der Waals surface area contributed by atoms with Crippen molar-refractivity contribution in [2.45, 2.75) is 24.2 Å². The monoisotopic (exact) mass is 747 g/mol. The van der Waals surface area contributed by atoms with Crippen LogP contribution >= 0.6 is 23.2 Å². The Morgan fingerprint density at radius 1 is 0.717 bits per heavy atom. The van der Waals surface area contributed by atoms with Crippen molar-refractivity contribution in [3.05, 3.63) is 130 Å². The Labute approximate surface area is 316 Å². The van der Waals surface area contributed by atoms with E-state index in [0.717, 1.165) is 24.4 Å². The third-order valence-electron chi connectivity index (χ3n) is 11.9. The Kier molecular flexibility index (Phi) is 8.22. The highest BCUT2D eigenvalue weighted by molar-refractivity contribution is 6.33. The Bertz CT molecular complexity index is 2200. The van der Waals surface area contributed by atoms with Crippen molar-refractivity contribution in [3.8, 4) is 5.75 Å². The molecule has 2 aliphatic carbocycles. The molecule has 6 atom stereocenters. The first-order valence-corrected chi connectivity index (χ1v) is 18.6. The van der Waals surface area contributed by atoms with E-state index in [9.17, 15) is 19.5 Å². The molecule has 9 nitrogen and oxygen atoms in total. The number of rotatable bonds is 5. The molecule has 4 amide bonds. The largest absolute Gasteiger partial charge is 0.508 e. The minimum Gasteiger partial charge on any atom is -0.508 e. The summed E-state index contributed by atoms with van der Waals surface area (Å²) in [4.78, 5) is 63.9. The van der Waals surface area contributed by atoms with Crippen LogP contribution in [0.2, 0.25) is 10.0 Å². The van der Waals surface area contributed by atoms with Gasteiger partial charge in [-0.05, 0) is 84.5 Å². The molecule has 5 aliphatic rings. The third-order valence-corrected chi connectivity index (χ3v) is 12.5. The van der Waals surface area contributed by atoms with Crippen LogP contribution in [0.5, 0.6) is 5.75 Å². The summed E-state index contributed by atoms with van der Waals surface area (Å²) in [6, 6.07) is 28.1. The highest BCUT2D eigenvalue weighted by Gasteiger charge is 2.70. The number of fused-ring (bicyclic) bond motifs is 4.